The van der Waals surface area contributed by atoms with Gasteiger partial charge in [-0.25, -0.2) is 13.1 Å². The summed E-state index contributed by atoms with van der Waals surface area (Å²) in [6.45, 7) is 9.41. The van der Waals surface area contributed by atoms with Crippen LogP contribution >= 0.6 is 0 Å². The standard InChI is InChI=1S/C12H26N2O2S/c1-4-6-11(3)9-14-8-7-12(10-14)17(15,16)13-5-2/h11-13H,4-10H2,1-3H3/t11-,12+/m1/s1. The van der Waals surface area contributed by atoms with Gasteiger partial charge < -0.3 is 4.90 Å². The summed E-state index contributed by atoms with van der Waals surface area (Å²) in [6.07, 6.45) is 3.20. The first-order chi connectivity index (χ1) is 7.99. The lowest BCUT2D eigenvalue weighted by Crippen LogP contribution is -2.36. The van der Waals surface area contributed by atoms with Gasteiger partial charge in [-0.2, -0.15) is 0 Å². The zero-order valence-electron chi connectivity index (χ0n) is 11.3. The van der Waals surface area contributed by atoms with E-state index in [1.165, 1.54) is 12.8 Å². The Morgan fingerprint density at radius 2 is 2.12 bits per heavy atom. The van der Waals surface area contributed by atoms with Gasteiger partial charge in [-0.1, -0.05) is 27.2 Å². The first kappa shape index (κ1) is 14.9. The second-order valence-corrected chi connectivity index (χ2v) is 7.15. The summed E-state index contributed by atoms with van der Waals surface area (Å²) in [7, 11) is -3.08. The Labute approximate surface area is 106 Å². The molecule has 0 unspecified atom stereocenters. The Morgan fingerprint density at radius 1 is 1.41 bits per heavy atom. The molecule has 1 rings (SSSR count). The van der Waals surface area contributed by atoms with Crippen LogP contribution in [0, 0.1) is 5.92 Å². The van der Waals surface area contributed by atoms with E-state index in [4.69, 9.17) is 0 Å². The van der Waals surface area contributed by atoms with Crippen molar-refractivity contribution in [2.24, 2.45) is 5.92 Å². The van der Waals surface area contributed by atoms with E-state index in [-0.39, 0.29) is 5.25 Å². The number of nitrogens with one attached hydrogen (secondary N) is 1. The number of hydrogen-bond donors (Lipinski definition) is 1. The Kier molecular flexibility index (Phi) is 5.89. The van der Waals surface area contributed by atoms with Gasteiger partial charge in [-0.15, -0.1) is 0 Å². The first-order valence-electron chi connectivity index (χ1n) is 6.70. The quantitative estimate of drug-likeness (QED) is 0.755. The zero-order valence-corrected chi connectivity index (χ0v) is 12.1. The largest absolute Gasteiger partial charge is 0.302 e. The molecule has 0 spiro atoms. The van der Waals surface area contributed by atoms with Gasteiger partial charge in [-0.05, 0) is 25.3 Å². The molecule has 4 nitrogen and oxygen atoms in total. The summed E-state index contributed by atoms with van der Waals surface area (Å²) in [5, 5.41) is -0.212. The van der Waals surface area contributed by atoms with Gasteiger partial charge in [0.2, 0.25) is 10.0 Å². The van der Waals surface area contributed by atoms with Crippen LogP contribution in [0.15, 0.2) is 0 Å². The number of rotatable bonds is 7. The second kappa shape index (κ2) is 6.71. The molecule has 0 saturated carbocycles. The van der Waals surface area contributed by atoms with Gasteiger partial charge in [0.25, 0.3) is 0 Å². The summed E-state index contributed by atoms with van der Waals surface area (Å²) in [5.74, 6) is 0.667. The average Bonchev–Trinajstić information content (AvgIpc) is 2.67. The van der Waals surface area contributed by atoms with E-state index in [1.807, 2.05) is 6.92 Å². The van der Waals surface area contributed by atoms with Gasteiger partial charge >= 0.3 is 0 Å². The Morgan fingerprint density at radius 3 is 2.71 bits per heavy atom. The van der Waals surface area contributed by atoms with Crippen LogP contribution < -0.4 is 4.72 Å². The van der Waals surface area contributed by atoms with Crippen molar-refractivity contribution < 1.29 is 8.42 Å². The molecule has 0 aliphatic carbocycles. The molecule has 0 aromatic carbocycles. The third kappa shape index (κ3) is 4.56. The van der Waals surface area contributed by atoms with Crippen molar-refractivity contribution in [1.82, 2.24) is 9.62 Å². The third-order valence-electron chi connectivity index (χ3n) is 3.36. The lowest BCUT2D eigenvalue weighted by atomic mass is 10.1. The normalized spacial score (nSPS) is 24.1. The second-order valence-electron chi connectivity index (χ2n) is 5.11. The van der Waals surface area contributed by atoms with Crippen molar-refractivity contribution in [2.75, 3.05) is 26.2 Å². The lowest BCUT2D eigenvalue weighted by molar-refractivity contribution is 0.279. The number of nitrogens with zero attached hydrogens (tertiary/aromatic N) is 1. The van der Waals surface area contributed by atoms with Gasteiger partial charge in [0, 0.05) is 19.6 Å². The molecular formula is C12H26N2O2S. The van der Waals surface area contributed by atoms with Crippen LogP contribution in [0.5, 0.6) is 0 Å². The maximum absolute atomic E-state index is 11.9. The number of hydrogen-bond acceptors (Lipinski definition) is 3. The van der Waals surface area contributed by atoms with Crippen molar-refractivity contribution in [3.05, 3.63) is 0 Å². The van der Waals surface area contributed by atoms with Crippen molar-refractivity contribution in [1.29, 1.82) is 0 Å². The molecule has 0 bridgehead atoms. The molecule has 17 heavy (non-hydrogen) atoms. The highest BCUT2D eigenvalue weighted by Crippen LogP contribution is 2.18. The maximum Gasteiger partial charge on any atom is 0.215 e. The molecule has 1 N–H and O–H groups in total. The van der Waals surface area contributed by atoms with Crippen molar-refractivity contribution in [3.63, 3.8) is 0 Å². The fourth-order valence-electron chi connectivity index (χ4n) is 2.56. The summed E-state index contributed by atoms with van der Waals surface area (Å²) < 4.78 is 26.3. The summed E-state index contributed by atoms with van der Waals surface area (Å²) in [6, 6.07) is 0. The van der Waals surface area contributed by atoms with E-state index in [2.05, 4.69) is 23.5 Å². The zero-order chi connectivity index (χ0) is 12.9. The molecule has 0 radical (unpaired) electrons. The van der Waals surface area contributed by atoms with Gasteiger partial charge in [0.05, 0.1) is 5.25 Å². The van der Waals surface area contributed by atoms with Crippen molar-refractivity contribution in [3.8, 4) is 0 Å². The molecule has 2 atom stereocenters. The first-order valence-corrected chi connectivity index (χ1v) is 8.25. The molecule has 0 aromatic heterocycles. The molecule has 1 fully saturated rings. The third-order valence-corrected chi connectivity index (χ3v) is 5.32. The predicted octanol–water partition coefficient (Wildman–Crippen LogP) is 1.44. The SMILES string of the molecule is CCC[C@@H](C)CN1CC[C@H](S(=O)(=O)NCC)C1. The van der Waals surface area contributed by atoms with Crippen LogP contribution in [0.2, 0.25) is 0 Å². The molecule has 1 saturated heterocycles. The minimum atomic E-state index is -3.08. The molecule has 1 aliphatic heterocycles. The van der Waals surface area contributed by atoms with Crippen LogP contribution in [0.1, 0.15) is 40.0 Å². The summed E-state index contributed by atoms with van der Waals surface area (Å²) >= 11 is 0. The van der Waals surface area contributed by atoms with Crippen LogP contribution in [0.25, 0.3) is 0 Å². The monoisotopic (exact) mass is 262 g/mol. The summed E-state index contributed by atoms with van der Waals surface area (Å²) in [4.78, 5) is 2.29. The van der Waals surface area contributed by atoms with E-state index < -0.39 is 10.0 Å². The van der Waals surface area contributed by atoms with Crippen molar-refractivity contribution in [2.45, 2.75) is 45.3 Å². The van der Waals surface area contributed by atoms with Crippen molar-refractivity contribution >= 4 is 10.0 Å². The molecule has 102 valence electrons. The molecule has 0 amide bonds. The highest BCUT2D eigenvalue weighted by atomic mass is 32.2. The van der Waals surface area contributed by atoms with Crippen LogP contribution in [-0.2, 0) is 10.0 Å². The lowest BCUT2D eigenvalue weighted by Gasteiger charge is -2.20. The molecular weight excluding hydrogens is 236 g/mol. The average molecular weight is 262 g/mol. The molecule has 1 aliphatic rings. The molecule has 0 aromatic rings. The van der Waals surface area contributed by atoms with Gasteiger partial charge in [0.1, 0.15) is 0 Å². The van der Waals surface area contributed by atoms with Crippen LogP contribution in [0.3, 0.4) is 0 Å². The number of likely N-dealkylation sites (tertiary alicyclic amines) is 1. The topological polar surface area (TPSA) is 49.4 Å². The molecule has 1 heterocycles. The van der Waals surface area contributed by atoms with Gasteiger partial charge in [0.15, 0.2) is 0 Å². The smallest absolute Gasteiger partial charge is 0.215 e. The number of sulfonamides is 1. The fourth-order valence-corrected chi connectivity index (χ4v) is 4.02. The Balaban J connectivity index is 2.42. The highest BCUT2D eigenvalue weighted by molar-refractivity contribution is 7.90. The van der Waals surface area contributed by atoms with Gasteiger partial charge in [-0.3, -0.25) is 0 Å². The fraction of sp³-hybridized carbons (Fsp3) is 1.00. The van der Waals surface area contributed by atoms with E-state index in [0.29, 0.717) is 19.0 Å². The minimum absolute atomic E-state index is 0.212. The van der Waals surface area contributed by atoms with E-state index in [0.717, 1.165) is 19.5 Å². The Bertz CT molecular complexity index is 316. The van der Waals surface area contributed by atoms with E-state index >= 15 is 0 Å². The van der Waals surface area contributed by atoms with E-state index in [9.17, 15) is 8.42 Å². The minimum Gasteiger partial charge on any atom is -0.302 e. The van der Waals surface area contributed by atoms with E-state index in [1.54, 1.807) is 0 Å². The van der Waals surface area contributed by atoms with Crippen LogP contribution in [-0.4, -0.2) is 44.7 Å². The maximum atomic E-state index is 11.9. The predicted molar refractivity (Wildman–Crippen MR) is 71.5 cm³/mol. The van der Waals surface area contributed by atoms with Crippen LogP contribution in [0.4, 0.5) is 0 Å². The highest BCUT2D eigenvalue weighted by Gasteiger charge is 2.32. The Hall–Kier alpha value is -0.130. The molecule has 5 heteroatoms. The summed E-state index contributed by atoms with van der Waals surface area (Å²) in [5.41, 5.74) is 0.